The number of phenols is 1. The molecule has 1 rings (SSSR count). The van der Waals surface area contributed by atoms with Crippen LogP contribution >= 0.6 is 11.6 Å². The zero-order valence-electron chi connectivity index (χ0n) is 8.20. The molecule has 3 N–H and O–H groups in total. The number of rotatable bonds is 4. The third kappa shape index (κ3) is 2.84. The van der Waals surface area contributed by atoms with Gasteiger partial charge >= 0.3 is 5.97 Å². The number of carboxylic acids is 1. The summed E-state index contributed by atoms with van der Waals surface area (Å²) in [7, 11) is 0. The van der Waals surface area contributed by atoms with Gasteiger partial charge in [-0.2, -0.15) is 0 Å². The van der Waals surface area contributed by atoms with Gasteiger partial charge in [0.2, 0.25) is 0 Å². The normalized spacial score (nSPS) is 12.4. The fraction of sp³-hybridized carbons (Fsp3) is 0.300. The molecule has 0 radical (unpaired) electrons. The van der Waals surface area contributed by atoms with E-state index in [1.165, 1.54) is 18.2 Å². The molecule has 0 saturated carbocycles. The van der Waals surface area contributed by atoms with Crippen molar-refractivity contribution in [2.75, 3.05) is 6.54 Å². The Balaban J connectivity index is 3.09. The monoisotopic (exact) mass is 229 g/mol. The van der Waals surface area contributed by atoms with E-state index in [4.69, 9.17) is 16.7 Å². The Morgan fingerprint density at radius 2 is 2.27 bits per heavy atom. The minimum Gasteiger partial charge on any atom is -0.508 e. The summed E-state index contributed by atoms with van der Waals surface area (Å²) in [5.74, 6) is -1.12. The van der Waals surface area contributed by atoms with Crippen molar-refractivity contribution in [1.29, 1.82) is 0 Å². The lowest BCUT2D eigenvalue weighted by atomic mass is 10.1. The van der Waals surface area contributed by atoms with Crippen LogP contribution in [0.3, 0.4) is 0 Å². The van der Waals surface area contributed by atoms with Gasteiger partial charge in [0.25, 0.3) is 0 Å². The number of halogens is 1. The SMILES string of the molecule is CCNC(C(=O)O)c1cc(Cl)ccc1O. The molecule has 1 aromatic rings. The van der Waals surface area contributed by atoms with E-state index in [0.717, 1.165) is 0 Å². The van der Waals surface area contributed by atoms with Crippen molar-refractivity contribution in [3.8, 4) is 5.75 Å². The molecule has 0 bridgehead atoms. The first-order chi connectivity index (χ1) is 7.06. The lowest BCUT2D eigenvalue weighted by Gasteiger charge is -2.14. The molecule has 0 fully saturated rings. The quantitative estimate of drug-likeness (QED) is 0.736. The van der Waals surface area contributed by atoms with Crippen molar-refractivity contribution in [1.82, 2.24) is 5.32 Å². The van der Waals surface area contributed by atoms with E-state index in [1.807, 2.05) is 0 Å². The largest absolute Gasteiger partial charge is 0.508 e. The minimum absolute atomic E-state index is 0.0762. The van der Waals surface area contributed by atoms with Crippen LogP contribution < -0.4 is 5.32 Å². The summed E-state index contributed by atoms with van der Waals surface area (Å²) in [5.41, 5.74) is 0.275. The maximum absolute atomic E-state index is 10.9. The number of nitrogens with one attached hydrogen (secondary N) is 1. The van der Waals surface area contributed by atoms with Crippen LogP contribution in [0.1, 0.15) is 18.5 Å². The average Bonchev–Trinajstić information content (AvgIpc) is 2.18. The van der Waals surface area contributed by atoms with E-state index in [2.05, 4.69) is 5.32 Å². The predicted octanol–water partition coefficient (Wildman–Crippen LogP) is 1.78. The van der Waals surface area contributed by atoms with E-state index >= 15 is 0 Å². The number of aliphatic carboxylic acids is 1. The Kier molecular flexibility index (Phi) is 3.94. The highest BCUT2D eigenvalue weighted by molar-refractivity contribution is 6.30. The standard InChI is InChI=1S/C10H12ClNO3/c1-2-12-9(10(14)15)7-5-6(11)3-4-8(7)13/h3-5,9,12-13H,2H2,1H3,(H,14,15). The number of likely N-dealkylation sites (N-methyl/N-ethyl adjacent to an activating group) is 1. The molecule has 0 aromatic heterocycles. The van der Waals surface area contributed by atoms with Crippen molar-refractivity contribution in [2.24, 2.45) is 0 Å². The summed E-state index contributed by atoms with van der Waals surface area (Å²) >= 11 is 5.73. The van der Waals surface area contributed by atoms with Gasteiger partial charge in [0.05, 0.1) is 0 Å². The average molecular weight is 230 g/mol. The van der Waals surface area contributed by atoms with E-state index in [-0.39, 0.29) is 11.3 Å². The highest BCUT2D eigenvalue weighted by atomic mass is 35.5. The molecule has 0 heterocycles. The number of carbonyl (C=O) groups is 1. The first-order valence-electron chi connectivity index (χ1n) is 4.51. The molecule has 0 aliphatic carbocycles. The molecular formula is C10H12ClNO3. The topological polar surface area (TPSA) is 69.6 Å². The molecule has 0 aliphatic rings. The summed E-state index contributed by atoms with van der Waals surface area (Å²) in [6.45, 7) is 2.28. The highest BCUT2D eigenvalue weighted by Crippen LogP contribution is 2.27. The van der Waals surface area contributed by atoms with E-state index < -0.39 is 12.0 Å². The van der Waals surface area contributed by atoms with E-state index in [1.54, 1.807) is 6.92 Å². The van der Waals surface area contributed by atoms with Gasteiger partial charge in [-0.1, -0.05) is 18.5 Å². The molecule has 82 valence electrons. The van der Waals surface area contributed by atoms with Crippen LogP contribution in [-0.4, -0.2) is 22.7 Å². The van der Waals surface area contributed by atoms with Crippen molar-refractivity contribution in [3.05, 3.63) is 28.8 Å². The molecular weight excluding hydrogens is 218 g/mol. The van der Waals surface area contributed by atoms with Crippen LogP contribution in [0.4, 0.5) is 0 Å². The Morgan fingerprint density at radius 1 is 1.60 bits per heavy atom. The van der Waals surface area contributed by atoms with Gasteiger partial charge in [-0.25, -0.2) is 0 Å². The molecule has 0 spiro atoms. The summed E-state index contributed by atoms with van der Waals surface area (Å²) in [4.78, 5) is 10.9. The highest BCUT2D eigenvalue weighted by Gasteiger charge is 2.21. The van der Waals surface area contributed by atoms with Gasteiger partial charge < -0.3 is 15.5 Å². The summed E-state index contributed by atoms with van der Waals surface area (Å²) in [6.07, 6.45) is 0. The van der Waals surface area contributed by atoms with Crippen LogP contribution in [0.2, 0.25) is 5.02 Å². The smallest absolute Gasteiger partial charge is 0.325 e. The third-order valence-corrected chi connectivity index (χ3v) is 2.19. The first kappa shape index (κ1) is 11.8. The molecule has 15 heavy (non-hydrogen) atoms. The number of benzene rings is 1. The van der Waals surface area contributed by atoms with Gasteiger partial charge in [-0.05, 0) is 24.7 Å². The van der Waals surface area contributed by atoms with Gasteiger partial charge in [-0.15, -0.1) is 0 Å². The molecule has 0 amide bonds. The fourth-order valence-electron chi connectivity index (χ4n) is 1.29. The number of hydrogen-bond acceptors (Lipinski definition) is 3. The molecule has 1 unspecified atom stereocenters. The second kappa shape index (κ2) is 5.00. The van der Waals surface area contributed by atoms with Crippen LogP contribution in [0.5, 0.6) is 5.75 Å². The molecule has 0 aliphatic heterocycles. The van der Waals surface area contributed by atoms with E-state index in [9.17, 15) is 9.90 Å². The zero-order valence-corrected chi connectivity index (χ0v) is 8.95. The second-order valence-electron chi connectivity index (χ2n) is 3.03. The van der Waals surface area contributed by atoms with E-state index in [0.29, 0.717) is 11.6 Å². The van der Waals surface area contributed by atoms with Crippen molar-refractivity contribution < 1.29 is 15.0 Å². The number of carboxylic acid groups (broad SMARTS) is 1. The maximum atomic E-state index is 10.9. The fourth-order valence-corrected chi connectivity index (χ4v) is 1.47. The third-order valence-electron chi connectivity index (χ3n) is 1.96. The Bertz CT molecular complexity index is 368. The van der Waals surface area contributed by atoms with Gasteiger partial charge in [-0.3, -0.25) is 4.79 Å². The van der Waals surface area contributed by atoms with Crippen LogP contribution in [-0.2, 0) is 4.79 Å². The predicted molar refractivity (Wildman–Crippen MR) is 57.2 cm³/mol. The zero-order chi connectivity index (χ0) is 11.4. The Morgan fingerprint density at radius 3 is 2.80 bits per heavy atom. The number of hydrogen-bond donors (Lipinski definition) is 3. The molecule has 4 nitrogen and oxygen atoms in total. The van der Waals surface area contributed by atoms with Crippen molar-refractivity contribution >= 4 is 17.6 Å². The van der Waals surface area contributed by atoms with Gasteiger partial charge in [0.1, 0.15) is 11.8 Å². The molecule has 5 heteroatoms. The Hall–Kier alpha value is -1.26. The van der Waals surface area contributed by atoms with Crippen molar-refractivity contribution in [3.63, 3.8) is 0 Å². The summed E-state index contributed by atoms with van der Waals surface area (Å²) in [6, 6.07) is 3.39. The molecule has 1 aromatic carbocycles. The first-order valence-corrected chi connectivity index (χ1v) is 4.88. The lowest BCUT2D eigenvalue weighted by Crippen LogP contribution is -2.28. The van der Waals surface area contributed by atoms with Gasteiger partial charge in [0, 0.05) is 10.6 Å². The number of aromatic hydroxyl groups is 1. The summed E-state index contributed by atoms with van der Waals surface area (Å²) < 4.78 is 0. The Labute approximate surface area is 92.5 Å². The van der Waals surface area contributed by atoms with Gasteiger partial charge in [0.15, 0.2) is 0 Å². The second-order valence-corrected chi connectivity index (χ2v) is 3.47. The number of phenolic OH excluding ortho intramolecular Hbond substituents is 1. The summed E-state index contributed by atoms with van der Waals surface area (Å²) in [5, 5.41) is 21.6. The molecule has 1 atom stereocenters. The molecule has 0 saturated heterocycles. The van der Waals surface area contributed by atoms with Crippen LogP contribution in [0, 0.1) is 0 Å². The lowest BCUT2D eigenvalue weighted by molar-refractivity contribution is -0.139. The van der Waals surface area contributed by atoms with Crippen molar-refractivity contribution in [2.45, 2.75) is 13.0 Å². The minimum atomic E-state index is -1.05. The van der Waals surface area contributed by atoms with Crippen LogP contribution in [0.25, 0.3) is 0 Å². The maximum Gasteiger partial charge on any atom is 0.325 e. The van der Waals surface area contributed by atoms with Crippen LogP contribution in [0.15, 0.2) is 18.2 Å².